The number of aromatic amines is 1. The summed E-state index contributed by atoms with van der Waals surface area (Å²) >= 11 is 0. The fraction of sp³-hybridized carbons (Fsp3) is 0.600. The molecule has 3 N–H and O–H groups in total. The Bertz CT molecular complexity index is 1010. The second kappa shape index (κ2) is 9.09. The van der Waals surface area contributed by atoms with E-state index in [1.54, 1.807) is 6.07 Å². The van der Waals surface area contributed by atoms with E-state index < -0.39 is 11.2 Å². The van der Waals surface area contributed by atoms with Crippen LogP contribution in [0.15, 0.2) is 15.7 Å². The highest BCUT2D eigenvalue weighted by atomic mass is 35.5. The van der Waals surface area contributed by atoms with Crippen LogP contribution in [-0.4, -0.2) is 40.1 Å². The number of hydrogen-bond acceptors (Lipinski definition) is 5. The number of carbonyl (C=O) groups is 1. The molecule has 1 saturated heterocycles. The van der Waals surface area contributed by atoms with Crippen LogP contribution in [0.3, 0.4) is 0 Å². The van der Waals surface area contributed by atoms with E-state index in [9.17, 15) is 14.4 Å². The first-order valence-corrected chi connectivity index (χ1v) is 10.2. The molecule has 0 radical (unpaired) electrons. The van der Waals surface area contributed by atoms with Crippen LogP contribution in [0.1, 0.15) is 61.0 Å². The van der Waals surface area contributed by atoms with Crippen LogP contribution in [-0.2, 0) is 6.54 Å². The zero-order valence-corrected chi connectivity index (χ0v) is 17.4. The minimum absolute atomic E-state index is 0. The van der Waals surface area contributed by atoms with Crippen molar-refractivity contribution in [2.24, 2.45) is 5.92 Å². The summed E-state index contributed by atoms with van der Waals surface area (Å²) in [6.07, 6.45) is 4.96. The van der Waals surface area contributed by atoms with Gasteiger partial charge in [0.1, 0.15) is 0 Å². The van der Waals surface area contributed by atoms with Gasteiger partial charge in [-0.15, -0.1) is 12.4 Å². The highest BCUT2D eigenvalue weighted by Gasteiger charge is 2.29. The lowest BCUT2D eigenvalue weighted by Crippen LogP contribution is -2.39. The number of halogens is 1. The minimum Gasteiger partial charge on any atom is -0.352 e. The lowest BCUT2D eigenvalue weighted by atomic mass is 9.99. The molecule has 2 aliphatic rings. The predicted molar refractivity (Wildman–Crippen MR) is 114 cm³/mol. The zero-order valence-electron chi connectivity index (χ0n) is 16.6. The summed E-state index contributed by atoms with van der Waals surface area (Å²) in [6.45, 7) is 4.89. The fourth-order valence-corrected chi connectivity index (χ4v) is 3.92. The van der Waals surface area contributed by atoms with E-state index >= 15 is 0 Å². The number of amides is 1. The van der Waals surface area contributed by atoms with Crippen molar-refractivity contribution in [2.75, 3.05) is 19.6 Å². The van der Waals surface area contributed by atoms with Crippen LogP contribution in [0.5, 0.6) is 0 Å². The fourth-order valence-electron chi connectivity index (χ4n) is 3.92. The Balaban J connectivity index is 0.00000240. The molecule has 0 spiro atoms. The topological polar surface area (TPSA) is 109 Å². The largest absolute Gasteiger partial charge is 0.352 e. The molecule has 1 atom stereocenters. The van der Waals surface area contributed by atoms with Gasteiger partial charge in [-0.2, -0.15) is 0 Å². The van der Waals surface area contributed by atoms with Crippen molar-refractivity contribution >= 4 is 29.3 Å². The third-order valence-corrected chi connectivity index (χ3v) is 5.61. The van der Waals surface area contributed by atoms with Gasteiger partial charge in [0.25, 0.3) is 11.5 Å². The Labute approximate surface area is 174 Å². The molecule has 8 nitrogen and oxygen atoms in total. The molecule has 1 saturated carbocycles. The van der Waals surface area contributed by atoms with E-state index in [-0.39, 0.29) is 23.7 Å². The summed E-state index contributed by atoms with van der Waals surface area (Å²) < 4.78 is 1.48. The second-order valence-electron chi connectivity index (χ2n) is 7.90. The van der Waals surface area contributed by atoms with Crippen molar-refractivity contribution in [3.8, 4) is 0 Å². The van der Waals surface area contributed by atoms with Gasteiger partial charge in [0.05, 0.1) is 10.9 Å². The molecular weight excluding hydrogens is 394 g/mol. The number of aryl methyl sites for hydroxylation is 1. The number of H-pyrrole nitrogens is 1. The monoisotopic (exact) mass is 421 g/mol. The molecule has 0 aromatic carbocycles. The molecule has 2 fully saturated rings. The van der Waals surface area contributed by atoms with Gasteiger partial charge in [-0.1, -0.05) is 6.92 Å². The van der Waals surface area contributed by atoms with Crippen LogP contribution >= 0.6 is 12.4 Å². The summed E-state index contributed by atoms with van der Waals surface area (Å²) in [6, 6.07) is 1.74. The average molecular weight is 422 g/mol. The summed E-state index contributed by atoms with van der Waals surface area (Å²) in [5.74, 6) is 0.431. The van der Waals surface area contributed by atoms with Crippen molar-refractivity contribution in [1.82, 2.24) is 25.2 Å². The molecule has 0 bridgehead atoms. The third kappa shape index (κ3) is 4.53. The molecule has 1 aliphatic heterocycles. The molecule has 4 rings (SSSR count). The molecule has 1 unspecified atom stereocenters. The molecule has 3 heterocycles. The molecule has 2 aromatic rings. The maximum Gasteiger partial charge on any atom is 0.329 e. The predicted octanol–water partition coefficient (Wildman–Crippen LogP) is 1.52. The lowest BCUT2D eigenvalue weighted by molar-refractivity contribution is 0.0946. The number of nitrogens with zero attached hydrogens (tertiary/aromatic N) is 2. The normalized spacial score (nSPS) is 19.0. The Morgan fingerprint density at radius 3 is 2.76 bits per heavy atom. The van der Waals surface area contributed by atoms with Gasteiger partial charge >= 0.3 is 5.69 Å². The van der Waals surface area contributed by atoms with E-state index in [1.807, 2.05) is 6.92 Å². The molecule has 1 aliphatic carbocycles. The minimum atomic E-state index is -0.549. The Morgan fingerprint density at radius 2 is 2.10 bits per heavy atom. The van der Waals surface area contributed by atoms with Crippen molar-refractivity contribution < 1.29 is 4.79 Å². The molecule has 2 aromatic heterocycles. The number of fused-ring (bicyclic) bond motifs is 1. The maximum absolute atomic E-state index is 13.0. The number of aromatic nitrogens is 3. The van der Waals surface area contributed by atoms with Crippen molar-refractivity contribution in [3.63, 3.8) is 0 Å². The standard InChI is InChI=1S/C20H27N5O3.ClH/c1-2-8-25-17-16(19(27)24-20(25)28)14(9-15(23-17)13-5-6-13)18(26)22-11-12-4-3-7-21-10-12;/h9,12-13,21H,2-8,10-11H2,1H3,(H,22,26)(H,24,27,28);1H. The van der Waals surface area contributed by atoms with Crippen molar-refractivity contribution in [2.45, 2.75) is 51.5 Å². The highest BCUT2D eigenvalue weighted by Crippen LogP contribution is 2.39. The van der Waals surface area contributed by atoms with Crippen molar-refractivity contribution in [3.05, 3.63) is 38.2 Å². The van der Waals surface area contributed by atoms with Crippen LogP contribution in [0.25, 0.3) is 11.0 Å². The Hall–Kier alpha value is -2.19. The van der Waals surface area contributed by atoms with Gasteiger partial charge in [0.2, 0.25) is 0 Å². The van der Waals surface area contributed by atoms with Gasteiger partial charge in [0.15, 0.2) is 5.65 Å². The Morgan fingerprint density at radius 1 is 1.31 bits per heavy atom. The molecule has 29 heavy (non-hydrogen) atoms. The quantitative estimate of drug-likeness (QED) is 0.655. The van der Waals surface area contributed by atoms with Gasteiger partial charge in [0, 0.05) is 24.7 Å². The molecule has 158 valence electrons. The van der Waals surface area contributed by atoms with E-state index in [1.165, 1.54) is 4.57 Å². The van der Waals surface area contributed by atoms with Gasteiger partial charge < -0.3 is 10.6 Å². The van der Waals surface area contributed by atoms with E-state index in [0.29, 0.717) is 36.1 Å². The zero-order chi connectivity index (χ0) is 19.7. The Kier molecular flexibility index (Phi) is 6.74. The van der Waals surface area contributed by atoms with Crippen LogP contribution in [0, 0.1) is 5.92 Å². The third-order valence-electron chi connectivity index (χ3n) is 5.61. The highest BCUT2D eigenvalue weighted by molar-refractivity contribution is 6.05. The number of rotatable bonds is 6. The number of piperidine rings is 1. The van der Waals surface area contributed by atoms with E-state index in [2.05, 4.69) is 20.6 Å². The first-order valence-electron chi connectivity index (χ1n) is 10.2. The number of nitrogens with one attached hydrogen (secondary N) is 3. The summed E-state index contributed by atoms with van der Waals surface area (Å²) in [4.78, 5) is 44.9. The first kappa shape index (κ1) is 21.5. The first-order chi connectivity index (χ1) is 13.6. The van der Waals surface area contributed by atoms with E-state index in [4.69, 9.17) is 0 Å². The van der Waals surface area contributed by atoms with Crippen LogP contribution in [0.2, 0.25) is 0 Å². The summed E-state index contributed by atoms with van der Waals surface area (Å²) in [7, 11) is 0. The van der Waals surface area contributed by atoms with Crippen LogP contribution < -0.4 is 21.9 Å². The molecule has 9 heteroatoms. The molecule has 1 amide bonds. The summed E-state index contributed by atoms with van der Waals surface area (Å²) in [5, 5.41) is 6.54. The van der Waals surface area contributed by atoms with Gasteiger partial charge in [-0.3, -0.25) is 19.1 Å². The molecular formula is C20H28ClN5O3. The van der Waals surface area contributed by atoms with E-state index in [0.717, 1.165) is 50.9 Å². The van der Waals surface area contributed by atoms with Crippen molar-refractivity contribution in [1.29, 1.82) is 0 Å². The lowest BCUT2D eigenvalue weighted by Gasteiger charge is -2.23. The number of hydrogen-bond donors (Lipinski definition) is 3. The van der Waals surface area contributed by atoms with Crippen LogP contribution in [0.4, 0.5) is 0 Å². The smallest absolute Gasteiger partial charge is 0.329 e. The average Bonchev–Trinajstić information content (AvgIpc) is 3.54. The van der Waals surface area contributed by atoms with Gasteiger partial charge in [-0.05, 0) is 57.2 Å². The number of carbonyl (C=O) groups excluding carboxylic acids is 1. The summed E-state index contributed by atoms with van der Waals surface area (Å²) in [5.41, 5.74) is 0.421. The van der Waals surface area contributed by atoms with Gasteiger partial charge in [-0.25, -0.2) is 9.78 Å². The SMILES string of the molecule is CCCn1c(=O)[nH]c(=O)c2c(C(=O)NCC3CCCNC3)cc(C3CC3)nc21.Cl. The maximum atomic E-state index is 13.0. The number of pyridine rings is 1. The second-order valence-corrected chi connectivity index (χ2v) is 7.90.